The molecule has 2 aliphatic heterocycles. The van der Waals surface area contributed by atoms with Crippen LogP contribution in [-0.2, 0) is 11.2 Å². The summed E-state index contributed by atoms with van der Waals surface area (Å²) in [5.74, 6) is 0.469. The predicted molar refractivity (Wildman–Crippen MR) is 92.2 cm³/mol. The van der Waals surface area contributed by atoms with Crippen LogP contribution in [0.5, 0.6) is 0 Å². The van der Waals surface area contributed by atoms with E-state index in [0.717, 1.165) is 32.4 Å². The van der Waals surface area contributed by atoms with E-state index >= 15 is 0 Å². The molecule has 2 aliphatic rings. The van der Waals surface area contributed by atoms with E-state index in [1.54, 1.807) is 0 Å². The van der Waals surface area contributed by atoms with Crippen LogP contribution < -0.4 is 17.4 Å². The number of piperidine rings is 1. The number of rotatable bonds is 0. The van der Waals surface area contributed by atoms with Gasteiger partial charge in [-0.1, -0.05) is 38.5 Å². The lowest BCUT2D eigenvalue weighted by Crippen LogP contribution is -3.00. The van der Waals surface area contributed by atoms with Gasteiger partial charge in [-0.3, -0.25) is 4.79 Å². The molecule has 24 heavy (non-hydrogen) atoms. The SMILES string of the molecule is O=C1[C@H]2CCCN1CCCCCCCCCCc1c[nH+]ccc12.[Cl-]. The number of H-pyrrole nitrogens is 1. The van der Waals surface area contributed by atoms with Crippen LogP contribution in [0.2, 0.25) is 0 Å². The second-order valence-electron chi connectivity index (χ2n) is 7.22. The van der Waals surface area contributed by atoms with Crippen molar-refractivity contribution in [2.24, 2.45) is 0 Å². The van der Waals surface area contributed by atoms with E-state index in [-0.39, 0.29) is 18.3 Å². The van der Waals surface area contributed by atoms with Crippen LogP contribution in [0.3, 0.4) is 0 Å². The Morgan fingerprint density at radius 3 is 2.38 bits per heavy atom. The summed E-state index contributed by atoms with van der Waals surface area (Å²) in [6.07, 6.45) is 17.8. The fourth-order valence-corrected chi connectivity index (χ4v) is 4.16. The van der Waals surface area contributed by atoms with Gasteiger partial charge in [-0.2, -0.15) is 0 Å². The molecule has 0 unspecified atom stereocenters. The number of carbonyl (C=O) groups is 1. The average Bonchev–Trinajstić information content (AvgIpc) is 2.58. The van der Waals surface area contributed by atoms with Crippen molar-refractivity contribution < 1.29 is 22.2 Å². The Balaban J connectivity index is 0.00000208. The van der Waals surface area contributed by atoms with Gasteiger partial charge in [0, 0.05) is 24.7 Å². The second kappa shape index (κ2) is 10.0. The summed E-state index contributed by atoms with van der Waals surface area (Å²) in [7, 11) is 0. The van der Waals surface area contributed by atoms with E-state index in [2.05, 4.69) is 22.1 Å². The second-order valence-corrected chi connectivity index (χ2v) is 7.22. The van der Waals surface area contributed by atoms with Gasteiger partial charge in [-0.05, 0) is 37.7 Å². The Bertz CT molecular complexity index is 520. The number of hydrogen-bond acceptors (Lipinski definition) is 1. The number of carbonyl (C=O) groups excluding carboxylic acids is 1. The molecular formula is C20H31ClN2O. The van der Waals surface area contributed by atoms with Gasteiger partial charge < -0.3 is 17.3 Å². The zero-order valence-corrected chi connectivity index (χ0v) is 15.5. The van der Waals surface area contributed by atoms with Crippen molar-refractivity contribution in [3.63, 3.8) is 0 Å². The van der Waals surface area contributed by atoms with E-state index in [9.17, 15) is 4.79 Å². The normalized spacial score (nSPS) is 23.4. The topological polar surface area (TPSA) is 34.5 Å². The summed E-state index contributed by atoms with van der Waals surface area (Å²) < 4.78 is 0. The van der Waals surface area contributed by atoms with Crippen LogP contribution in [0.15, 0.2) is 18.5 Å². The highest BCUT2D eigenvalue weighted by molar-refractivity contribution is 5.84. The molecule has 0 aromatic carbocycles. The molecule has 2 bridgehead atoms. The van der Waals surface area contributed by atoms with Crippen molar-refractivity contribution in [2.45, 2.75) is 76.5 Å². The zero-order chi connectivity index (χ0) is 15.9. The monoisotopic (exact) mass is 350 g/mol. The number of aryl methyl sites for hydroxylation is 1. The molecule has 1 fully saturated rings. The maximum absolute atomic E-state index is 12.9. The fourth-order valence-electron chi connectivity index (χ4n) is 4.16. The van der Waals surface area contributed by atoms with Crippen LogP contribution in [0.25, 0.3) is 0 Å². The third kappa shape index (κ3) is 4.95. The molecule has 1 aromatic rings. The van der Waals surface area contributed by atoms with E-state index < -0.39 is 0 Å². The molecular weight excluding hydrogens is 320 g/mol. The van der Waals surface area contributed by atoms with E-state index in [4.69, 9.17) is 0 Å². The van der Waals surface area contributed by atoms with Crippen molar-refractivity contribution in [3.8, 4) is 0 Å². The molecule has 3 rings (SSSR count). The number of aromatic amines is 1. The molecule has 3 heterocycles. The van der Waals surface area contributed by atoms with Crippen LogP contribution in [0.4, 0.5) is 0 Å². The maximum atomic E-state index is 12.9. The highest BCUT2D eigenvalue weighted by Gasteiger charge is 2.31. The number of aromatic nitrogens is 1. The summed E-state index contributed by atoms with van der Waals surface area (Å²) in [6.45, 7) is 1.92. The number of nitrogens with one attached hydrogen (secondary N) is 1. The highest BCUT2D eigenvalue weighted by Crippen LogP contribution is 2.31. The molecule has 1 saturated heterocycles. The Morgan fingerprint density at radius 1 is 0.917 bits per heavy atom. The van der Waals surface area contributed by atoms with Gasteiger partial charge in [-0.25, -0.2) is 4.98 Å². The summed E-state index contributed by atoms with van der Waals surface area (Å²) in [4.78, 5) is 18.3. The Hall–Kier alpha value is -1.09. The lowest BCUT2D eigenvalue weighted by molar-refractivity contribution is -0.378. The molecule has 0 saturated carbocycles. The van der Waals surface area contributed by atoms with Gasteiger partial charge in [0.05, 0.1) is 5.92 Å². The number of hydrogen-bond donors (Lipinski definition) is 0. The Labute approximate surface area is 152 Å². The molecule has 3 nitrogen and oxygen atoms in total. The minimum absolute atomic E-state index is 0. The number of nitrogens with zero attached hydrogens (tertiary/aromatic N) is 1. The van der Waals surface area contributed by atoms with Crippen LogP contribution in [0, 0.1) is 0 Å². The van der Waals surface area contributed by atoms with Crippen molar-refractivity contribution in [1.82, 2.24) is 4.90 Å². The molecule has 0 spiro atoms. The fraction of sp³-hybridized carbons (Fsp3) is 0.700. The minimum Gasteiger partial charge on any atom is -1.00 e. The smallest absolute Gasteiger partial charge is 0.230 e. The van der Waals surface area contributed by atoms with E-state index in [1.807, 2.05) is 6.20 Å². The van der Waals surface area contributed by atoms with Crippen molar-refractivity contribution in [2.75, 3.05) is 13.1 Å². The van der Waals surface area contributed by atoms with Gasteiger partial charge in [-0.15, -0.1) is 0 Å². The van der Waals surface area contributed by atoms with Gasteiger partial charge in [0.2, 0.25) is 5.91 Å². The molecule has 0 radical (unpaired) electrons. The first-order valence-corrected chi connectivity index (χ1v) is 9.64. The van der Waals surface area contributed by atoms with E-state index in [1.165, 1.54) is 62.5 Å². The van der Waals surface area contributed by atoms with Gasteiger partial charge in [0.15, 0.2) is 12.4 Å². The minimum atomic E-state index is 0. The summed E-state index contributed by atoms with van der Waals surface area (Å²) in [5, 5.41) is 0. The maximum Gasteiger partial charge on any atom is 0.230 e. The number of fused-ring (bicyclic) bond motifs is 4. The lowest BCUT2D eigenvalue weighted by Gasteiger charge is -2.33. The number of pyridine rings is 1. The summed E-state index contributed by atoms with van der Waals surface area (Å²) in [5.41, 5.74) is 2.65. The average molecular weight is 351 g/mol. The van der Waals surface area contributed by atoms with Gasteiger partial charge in [0.25, 0.3) is 0 Å². The quantitative estimate of drug-likeness (QED) is 0.684. The van der Waals surface area contributed by atoms with Crippen LogP contribution in [0.1, 0.15) is 81.3 Å². The number of halogens is 1. The van der Waals surface area contributed by atoms with Crippen molar-refractivity contribution >= 4 is 5.91 Å². The molecule has 1 atom stereocenters. The van der Waals surface area contributed by atoms with Crippen LogP contribution >= 0.6 is 0 Å². The molecule has 1 N–H and O–H groups in total. The standard InChI is InChI=1S/C20H30N2O.ClH/c23-20-19-11-9-15-22(20)14-8-6-4-2-1-3-5-7-10-17-16-21-13-12-18(17)19;/h12-13,16,19H,1-11,14-15H2;1H/t19-;/m0./s1. The van der Waals surface area contributed by atoms with Gasteiger partial charge >= 0.3 is 0 Å². The summed E-state index contributed by atoms with van der Waals surface area (Å²) in [6, 6.07) is 2.15. The van der Waals surface area contributed by atoms with Crippen molar-refractivity contribution in [3.05, 3.63) is 29.6 Å². The third-order valence-electron chi connectivity index (χ3n) is 5.52. The first kappa shape index (κ1) is 19.2. The number of amides is 1. The third-order valence-corrected chi connectivity index (χ3v) is 5.52. The highest BCUT2D eigenvalue weighted by atomic mass is 35.5. The van der Waals surface area contributed by atoms with Gasteiger partial charge in [0.1, 0.15) is 0 Å². The Kier molecular flexibility index (Phi) is 8.04. The zero-order valence-electron chi connectivity index (χ0n) is 14.7. The van der Waals surface area contributed by atoms with Crippen molar-refractivity contribution in [1.29, 1.82) is 0 Å². The molecule has 1 amide bonds. The Morgan fingerprint density at radius 2 is 1.58 bits per heavy atom. The molecule has 1 aromatic heterocycles. The first-order valence-electron chi connectivity index (χ1n) is 9.64. The van der Waals surface area contributed by atoms with Crippen LogP contribution in [-0.4, -0.2) is 23.9 Å². The predicted octanol–water partition coefficient (Wildman–Crippen LogP) is 0.888. The lowest BCUT2D eigenvalue weighted by atomic mass is 9.86. The first-order chi connectivity index (χ1) is 11.4. The van der Waals surface area contributed by atoms with E-state index in [0.29, 0.717) is 5.91 Å². The molecule has 0 aliphatic carbocycles. The molecule has 134 valence electrons. The largest absolute Gasteiger partial charge is 1.00 e. The summed E-state index contributed by atoms with van der Waals surface area (Å²) >= 11 is 0. The molecule has 4 heteroatoms.